The number of carbonyl (C=O) groups excluding carboxylic acids is 1. The molecule has 4 nitrogen and oxygen atoms in total. The summed E-state index contributed by atoms with van der Waals surface area (Å²) in [5.74, 6) is -0.194. The first-order valence-electron chi connectivity index (χ1n) is 6.07. The number of thiocarbonyl (C=S) groups is 1. The quantitative estimate of drug-likeness (QED) is 0.628. The Morgan fingerprint density at radius 1 is 1.55 bits per heavy atom. The van der Waals surface area contributed by atoms with Crippen molar-refractivity contribution in [1.29, 1.82) is 0 Å². The molecule has 2 rings (SSSR count). The van der Waals surface area contributed by atoms with Gasteiger partial charge in [-0.05, 0) is 40.1 Å². The maximum atomic E-state index is 12.2. The molecule has 1 aliphatic rings. The first-order valence-corrected chi connectivity index (χ1v) is 8.16. The van der Waals surface area contributed by atoms with Gasteiger partial charge in [0.05, 0.1) is 18.7 Å². The van der Waals surface area contributed by atoms with Gasteiger partial charge in [-0.15, -0.1) is 11.3 Å². The van der Waals surface area contributed by atoms with Crippen LogP contribution in [0.3, 0.4) is 0 Å². The van der Waals surface area contributed by atoms with Crippen LogP contribution in [-0.2, 0) is 9.53 Å². The summed E-state index contributed by atoms with van der Waals surface area (Å²) < 4.78 is 5.92. The summed E-state index contributed by atoms with van der Waals surface area (Å²) in [6.45, 7) is 4.03. The Morgan fingerprint density at radius 3 is 2.75 bits per heavy atom. The molecule has 0 saturated heterocycles. The number of allylic oxidation sites excluding steroid dienone is 1. The Bertz CT molecular complexity index is 581. The normalized spacial score (nSPS) is 18.9. The molecule has 7 heteroatoms. The largest absolute Gasteiger partial charge is 0.466 e. The van der Waals surface area contributed by atoms with Crippen molar-refractivity contribution >= 4 is 50.6 Å². The Morgan fingerprint density at radius 2 is 2.25 bits per heavy atom. The number of hydrogen-bond donors (Lipinski definition) is 2. The second kappa shape index (κ2) is 6.24. The SMILES string of the molecule is COC(=O)C1=C(C(C)C)NC(=S)N[C@@H]1c1cc(Br)cs1. The van der Waals surface area contributed by atoms with Crippen molar-refractivity contribution in [2.75, 3.05) is 7.11 Å². The maximum Gasteiger partial charge on any atom is 0.338 e. The zero-order valence-corrected chi connectivity index (χ0v) is 14.5. The molecule has 0 saturated carbocycles. The van der Waals surface area contributed by atoms with Crippen molar-refractivity contribution in [2.45, 2.75) is 19.9 Å². The average molecular weight is 375 g/mol. The Balaban J connectivity index is 2.54. The van der Waals surface area contributed by atoms with Gasteiger partial charge in [0.25, 0.3) is 0 Å². The van der Waals surface area contributed by atoms with Gasteiger partial charge in [-0.25, -0.2) is 4.79 Å². The van der Waals surface area contributed by atoms with E-state index in [-0.39, 0.29) is 17.9 Å². The smallest absolute Gasteiger partial charge is 0.338 e. The lowest BCUT2D eigenvalue weighted by molar-refractivity contribution is -0.136. The zero-order valence-electron chi connectivity index (χ0n) is 11.3. The van der Waals surface area contributed by atoms with Crippen molar-refractivity contribution in [2.24, 2.45) is 5.92 Å². The summed E-state index contributed by atoms with van der Waals surface area (Å²) in [6, 6.07) is 1.71. The third-order valence-corrected chi connectivity index (χ3v) is 4.94. The van der Waals surface area contributed by atoms with Gasteiger partial charge in [0.15, 0.2) is 5.11 Å². The van der Waals surface area contributed by atoms with Crippen LogP contribution < -0.4 is 10.6 Å². The average Bonchev–Trinajstić information content (AvgIpc) is 2.83. The first-order chi connectivity index (χ1) is 9.43. The Kier molecular flexibility index (Phi) is 4.82. The number of halogens is 1. The second-order valence-electron chi connectivity index (χ2n) is 4.67. The van der Waals surface area contributed by atoms with Crippen LogP contribution in [0.15, 0.2) is 27.2 Å². The predicted molar refractivity (Wildman–Crippen MR) is 87.5 cm³/mol. The standard InChI is InChI=1S/C13H15BrN2O2S2/c1-6(2)10-9(12(17)18-3)11(16-13(19)15-10)8-4-7(14)5-20-8/h4-6,11H,1-3H3,(H2,15,16,19)/t11-/m1/s1. The highest BCUT2D eigenvalue weighted by Crippen LogP contribution is 2.34. The summed E-state index contributed by atoms with van der Waals surface area (Å²) >= 11 is 10.2. The summed E-state index contributed by atoms with van der Waals surface area (Å²) in [5, 5.41) is 8.73. The highest BCUT2D eigenvalue weighted by Gasteiger charge is 2.33. The third-order valence-electron chi connectivity index (χ3n) is 2.96. The predicted octanol–water partition coefficient (Wildman–Crippen LogP) is 3.11. The zero-order chi connectivity index (χ0) is 14.9. The van der Waals surface area contributed by atoms with E-state index in [0.717, 1.165) is 15.0 Å². The van der Waals surface area contributed by atoms with Gasteiger partial charge in [0.1, 0.15) is 0 Å². The molecule has 1 aliphatic heterocycles. The summed E-state index contributed by atoms with van der Waals surface area (Å²) in [6.07, 6.45) is 0. The number of esters is 1. The number of thiophene rings is 1. The minimum Gasteiger partial charge on any atom is -0.466 e. The molecule has 0 amide bonds. The highest BCUT2D eigenvalue weighted by atomic mass is 79.9. The minimum absolute atomic E-state index is 0.148. The summed E-state index contributed by atoms with van der Waals surface area (Å²) in [5.41, 5.74) is 1.40. The first kappa shape index (κ1) is 15.5. The molecule has 108 valence electrons. The molecule has 0 unspecified atom stereocenters. The van der Waals surface area contributed by atoms with E-state index in [9.17, 15) is 4.79 Å². The van der Waals surface area contributed by atoms with Gasteiger partial charge in [0, 0.05) is 20.4 Å². The maximum absolute atomic E-state index is 12.2. The molecule has 1 atom stereocenters. The van der Waals surface area contributed by atoms with Crippen molar-refractivity contribution in [1.82, 2.24) is 10.6 Å². The van der Waals surface area contributed by atoms with Crippen LogP contribution in [0, 0.1) is 5.92 Å². The van der Waals surface area contributed by atoms with Crippen LogP contribution in [0.1, 0.15) is 24.8 Å². The van der Waals surface area contributed by atoms with Crippen LogP contribution in [0.5, 0.6) is 0 Å². The van der Waals surface area contributed by atoms with Gasteiger partial charge in [-0.3, -0.25) is 0 Å². The monoisotopic (exact) mass is 374 g/mol. The fourth-order valence-electron chi connectivity index (χ4n) is 2.07. The molecule has 1 aromatic rings. The topological polar surface area (TPSA) is 50.4 Å². The Labute approximate surface area is 135 Å². The van der Waals surface area contributed by atoms with E-state index in [1.807, 2.05) is 25.3 Å². The molecule has 0 fully saturated rings. The number of rotatable bonds is 3. The molecule has 2 N–H and O–H groups in total. The van der Waals surface area contributed by atoms with Crippen molar-refractivity contribution in [3.05, 3.63) is 32.1 Å². The van der Waals surface area contributed by atoms with Crippen LogP contribution >= 0.6 is 39.5 Å². The second-order valence-corrected chi connectivity index (χ2v) is 6.94. The van der Waals surface area contributed by atoms with E-state index in [1.54, 1.807) is 11.3 Å². The third kappa shape index (κ3) is 3.05. The fraction of sp³-hybridized carbons (Fsp3) is 0.385. The molecule has 2 heterocycles. The number of nitrogens with one attached hydrogen (secondary N) is 2. The van der Waals surface area contributed by atoms with E-state index in [1.165, 1.54) is 7.11 Å². The fourth-order valence-corrected chi connectivity index (χ4v) is 3.80. The van der Waals surface area contributed by atoms with Crippen LogP contribution in [0.4, 0.5) is 0 Å². The van der Waals surface area contributed by atoms with E-state index in [0.29, 0.717) is 10.7 Å². The molecule has 0 aromatic carbocycles. The van der Waals surface area contributed by atoms with Gasteiger partial charge in [0.2, 0.25) is 0 Å². The van der Waals surface area contributed by atoms with Gasteiger partial charge in [-0.2, -0.15) is 0 Å². The number of hydrogen-bond acceptors (Lipinski definition) is 4. The Hall–Kier alpha value is -0.920. The van der Waals surface area contributed by atoms with Gasteiger partial charge in [-0.1, -0.05) is 13.8 Å². The molecule has 0 spiro atoms. The molecule has 0 aliphatic carbocycles. The lowest BCUT2D eigenvalue weighted by Gasteiger charge is -2.31. The summed E-state index contributed by atoms with van der Waals surface area (Å²) in [7, 11) is 1.39. The van der Waals surface area contributed by atoms with Crippen LogP contribution in [0.25, 0.3) is 0 Å². The van der Waals surface area contributed by atoms with Gasteiger partial charge >= 0.3 is 5.97 Å². The van der Waals surface area contributed by atoms with E-state index in [4.69, 9.17) is 17.0 Å². The van der Waals surface area contributed by atoms with Crippen LogP contribution in [-0.4, -0.2) is 18.2 Å². The molecule has 1 aromatic heterocycles. The highest BCUT2D eigenvalue weighted by molar-refractivity contribution is 9.10. The number of carbonyl (C=O) groups is 1. The van der Waals surface area contributed by atoms with E-state index in [2.05, 4.69) is 26.6 Å². The van der Waals surface area contributed by atoms with Crippen molar-refractivity contribution in [3.8, 4) is 0 Å². The van der Waals surface area contributed by atoms with Crippen molar-refractivity contribution < 1.29 is 9.53 Å². The molecule has 0 radical (unpaired) electrons. The van der Waals surface area contributed by atoms with Gasteiger partial charge < -0.3 is 15.4 Å². The number of ether oxygens (including phenoxy) is 1. The molecule has 0 bridgehead atoms. The molecule has 20 heavy (non-hydrogen) atoms. The molecular weight excluding hydrogens is 360 g/mol. The number of methoxy groups -OCH3 is 1. The minimum atomic E-state index is -0.342. The molecular formula is C13H15BrN2O2S2. The lowest BCUT2D eigenvalue weighted by Crippen LogP contribution is -2.46. The lowest BCUT2D eigenvalue weighted by atomic mass is 9.95. The summed E-state index contributed by atoms with van der Waals surface area (Å²) in [4.78, 5) is 13.2. The van der Waals surface area contributed by atoms with Crippen molar-refractivity contribution in [3.63, 3.8) is 0 Å². The van der Waals surface area contributed by atoms with E-state index >= 15 is 0 Å². The van der Waals surface area contributed by atoms with E-state index < -0.39 is 0 Å². The van der Waals surface area contributed by atoms with Crippen LogP contribution in [0.2, 0.25) is 0 Å².